The molecule has 2 aliphatic rings. The molecule has 1 aromatic carbocycles. The van der Waals surface area contributed by atoms with E-state index in [0.29, 0.717) is 0 Å². The number of amides is 2. The second-order valence-electron chi connectivity index (χ2n) is 6.89. The van der Waals surface area contributed by atoms with Crippen LogP contribution in [0.15, 0.2) is 24.3 Å². The zero-order valence-electron chi connectivity index (χ0n) is 14.3. The fraction of sp³-hybridized carbons (Fsp3) is 0.412. The normalized spacial score (nSPS) is 28.9. The molecule has 8 nitrogen and oxygen atoms in total. The third kappa shape index (κ3) is 2.38. The maximum atomic E-state index is 12.8. The highest BCUT2D eigenvalue weighted by Crippen LogP contribution is 2.55. The van der Waals surface area contributed by atoms with Crippen LogP contribution in [0.2, 0.25) is 0 Å². The van der Waals surface area contributed by atoms with Crippen LogP contribution in [-0.4, -0.2) is 60.4 Å². The summed E-state index contributed by atoms with van der Waals surface area (Å²) in [6.07, 6.45) is 0. The van der Waals surface area contributed by atoms with Crippen molar-refractivity contribution >= 4 is 35.3 Å². The Morgan fingerprint density at radius 3 is 2.27 bits per heavy atom. The van der Waals surface area contributed by atoms with E-state index in [1.807, 2.05) is 0 Å². The third-order valence-electron chi connectivity index (χ3n) is 4.78. The quantitative estimate of drug-likeness (QED) is 0.518. The summed E-state index contributed by atoms with van der Waals surface area (Å²) in [5, 5.41) is 20.5. The van der Waals surface area contributed by atoms with Crippen molar-refractivity contribution in [3.05, 3.63) is 29.8 Å². The van der Waals surface area contributed by atoms with E-state index in [9.17, 15) is 29.4 Å². The minimum Gasteiger partial charge on any atom is -0.508 e. The van der Waals surface area contributed by atoms with Crippen molar-refractivity contribution in [1.82, 2.24) is 10.2 Å². The molecule has 3 N–H and O–H groups in total. The molecule has 3 rings (SSSR count). The molecule has 0 spiro atoms. The van der Waals surface area contributed by atoms with E-state index in [4.69, 9.17) is 0 Å². The second-order valence-corrected chi connectivity index (χ2v) is 8.63. The maximum Gasteiger partial charge on any atom is 0.327 e. The van der Waals surface area contributed by atoms with Crippen LogP contribution < -0.4 is 5.32 Å². The molecule has 2 aliphatic heterocycles. The maximum absolute atomic E-state index is 12.8. The molecule has 2 fully saturated rings. The molecule has 1 unspecified atom stereocenters. The Morgan fingerprint density at radius 1 is 1.19 bits per heavy atom. The first kappa shape index (κ1) is 18.2. The van der Waals surface area contributed by atoms with Gasteiger partial charge in [-0.25, -0.2) is 4.79 Å². The van der Waals surface area contributed by atoms with Crippen LogP contribution in [0.5, 0.6) is 5.75 Å². The Balaban J connectivity index is 1.94. The number of aromatic hydroxyl groups is 1. The molecular weight excluding hydrogens is 360 g/mol. The number of rotatable bonds is 4. The number of nitrogens with zero attached hydrogens (tertiary/aromatic N) is 1. The third-order valence-corrected chi connectivity index (χ3v) is 6.41. The predicted molar refractivity (Wildman–Crippen MR) is 92.7 cm³/mol. The molecule has 0 aliphatic carbocycles. The first-order valence-corrected chi connectivity index (χ1v) is 8.76. The summed E-state index contributed by atoms with van der Waals surface area (Å²) < 4.78 is -0.813. The van der Waals surface area contributed by atoms with Crippen molar-refractivity contribution < 1.29 is 29.4 Å². The van der Waals surface area contributed by atoms with Crippen molar-refractivity contribution in [2.45, 2.75) is 42.5 Å². The van der Waals surface area contributed by atoms with Crippen LogP contribution in [0.1, 0.15) is 31.1 Å². The van der Waals surface area contributed by atoms with Crippen molar-refractivity contribution in [2.24, 2.45) is 0 Å². The fourth-order valence-electron chi connectivity index (χ4n) is 3.45. The van der Waals surface area contributed by atoms with Crippen molar-refractivity contribution in [1.29, 1.82) is 0 Å². The Hall–Kier alpha value is -2.55. The largest absolute Gasteiger partial charge is 0.508 e. The minimum atomic E-state index is -1.79. The van der Waals surface area contributed by atoms with E-state index in [1.165, 1.54) is 43.0 Å². The SMILES string of the molecule is CC(=O)C1(NC(=O)c2ccc(O)cc2)C(=O)N2[C@@H](C(=O)O)C(C)(C)S[C@@H]21. The number of phenols is 1. The van der Waals surface area contributed by atoms with Crippen molar-refractivity contribution in [3.8, 4) is 5.75 Å². The van der Waals surface area contributed by atoms with Gasteiger partial charge in [0.2, 0.25) is 5.54 Å². The Kier molecular flexibility index (Phi) is 4.02. The number of ketones is 1. The summed E-state index contributed by atoms with van der Waals surface area (Å²) in [6.45, 7) is 4.58. The lowest BCUT2D eigenvalue weighted by atomic mass is 9.81. The Morgan fingerprint density at radius 2 is 1.77 bits per heavy atom. The standard InChI is InChI=1S/C17H18N2O6S/c1-8(20)17(18-12(22)9-4-6-10(21)7-5-9)14(25)19-11(13(23)24)16(2,3)26-15(17)19/h4-7,11,15,21H,1-3H3,(H,18,22)(H,23,24)/t11-,15+,17?/m0/s1. The van der Waals surface area contributed by atoms with Gasteiger partial charge in [0.1, 0.15) is 17.2 Å². The molecule has 9 heteroatoms. The number of aliphatic carboxylic acids is 1. The van der Waals surface area contributed by atoms with Gasteiger partial charge < -0.3 is 20.4 Å². The first-order chi connectivity index (χ1) is 12.0. The number of carboxylic acid groups (broad SMARTS) is 1. The Bertz CT molecular complexity index is 821. The smallest absolute Gasteiger partial charge is 0.327 e. The van der Waals surface area contributed by atoms with Gasteiger partial charge in [0.25, 0.3) is 11.8 Å². The number of hydrogen-bond acceptors (Lipinski definition) is 6. The summed E-state index contributed by atoms with van der Waals surface area (Å²) in [5.74, 6) is -3.09. The van der Waals surface area contributed by atoms with E-state index in [0.717, 1.165) is 4.90 Å². The van der Waals surface area contributed by atoms with Crippen LogP contribution in [0, 0.1) is 0 Å². The van der Waals surface area contributed by atoms with Gasteiger partial charge in [0.15, 0.2) is 5.78 Å². The average Bonchev–Trinajstić information content (AvgIpc) is 2.81. The molecule has 0 aromatic heterocycles. The molecule has 2 amide bonds. The predicted octanol–water partition coefficient (Wildman–Crippen LogP) is 0.597. The molecule has 0 saturated carbocycles. The molecule has 0 bridgehead atoms. The second kappa shape index (κ2) is 5.73. The minimum absolute atomic E-state index is 0.0221. The zero-order valence-corrected chi connectivity index (χ0v) is 15.2. The summed E-state index contributed by atoms with van der Waals surface area (Å²) in [7, 11) is 0. The first-order valence-electron chi connectivity index (χ1n) is 7.88. The molecule has 2 saturated heterocycles. The van der Waals surface area contributed by atoms with Gasteiger partial charge in [-0.3, -0.25) is 14.4 Å². The van der Waals surface area contributed by atoms with E-state index >= 15 is 0 Å². The molecular formula is C17H18N2O6S. The number of carbonyl (C=O) groups excluding carboxylic acids is 3. The molecule has 3 atom stereocenters. The summed E-state index contributed by atoms with van der Waals surface area (Å²) in [6, 6.07) is 4.29. The molecule has 138 valence electrons. The monoisotopic (exact) mass is 378 g/mol. The molecule has 2 heterocycles. The number of β-lactam (4-membered cyclic amide) rings is 1. The highest BCUT2D eigenvalue weighted by molar-refractivity contribution is 8.01. The van der Waals surface area contributed by atoms with E-state index in [2.05, 4.69) is 5.32 Å². The lowest BCUT2D eigenvalue weighted by Crippen LogP contribution is -2.82. The number of benzene rings is 1. The van der Waals surface area contributed by atoms with Gasteiger partial charge in [0.05, 0.1) is 0 Å². The van der Waals surface area contributed by atoms with E-state index in [1.54, 1.807) is 13.8 Å². The van der Waals surface area contributed by atoms with Gasteiger partial charge in [0, 0.05) is 10.3 Å². The summed E-state index contributed by atoms with van der Waals surface area (Å²) >= 11 is 1.18. The number of thioether (sulfide) groups is 1. The number of hydrogen-bond donors (Lipinski definition) is 3. The highest BCUT2D eigenvalue weighted by atomic mass is 32.2. The topological polar surface area (TPSA) is 124 Å². The van der Waals surface area contributed by atoms with Gasteiger partial charge in [-0.1, -0.05) is 0 Å². The van der Waals surface area contributed by atoms with E-state index in [-0.39, 0.29) is 11.3 Å². The van der Waals surface area contributed by atoms with Crippen molar-refractivity contribution in [3.63, 3.8) is 0 Å². The highest BCUT2D eigenvalue weighted by Gasteiger charge is 2.74. The van der Waals surface area contributed by atoms with Gasteiger partial charge in [-0.05, 0) is 45.0 Å². The van der Waals surface area contributed by atoms with Gasteiger partial charge in [-0.2, -0.15) is 0 Å². The summed E-state index contributed by atoms with van der Waals surface area (Å²) in [5.41, 5.74) is -1.62. The van der Waals surface area contributed by atoms with Gasteiger partial charge >= 0.3 is 5.97 Å². The van der Waals surface area contributed by atoms with Crippen molar-refractivity contribution in [2.75, 3.05) is 0 Å². The number of phenolic OH excluding ortho intramolecular Hbond substituents is 1. The lowest BCUT2D eigenvalue weighted by Gasteiger charge is -2.51. The number of nitrogens with one attached hydrogen (secondary N) is 1. The number of carbonyl (C=O) groups is 4. The lowest BCUT2D eigenvalue weighted by molar-refractivity contribution is -0.170. The number of Topliss-reactive ketones (excluding diaryl/α,β-unsaturated/α-hetero) is 1. The van der Waals surface area contributed by atoms with Crippen LogP contribution in [0.25, 0.3) is 0 Å². The number of carboxylic acids is 1. The number of fused-ring (bicyclic) bond motifs is 1. The molecule has 0 radical (unpaired) electrons. The Labute approximate surface area is 153 Å². The summed E-state index contributed by atoms with van der Waals surface area (Å²) in [4.78, 5) is 50.5. The van der Waals surface area contributed by atoms with Crippen LogP contribution in [-0.2, 0) is 14.4 Å². The zero-order chi connectivity index (χ0) is 19.4. The molecule has 26 heavy (non-hydrogen) atoms. The van der Waals surface area contributed by atoms with Crippen LogP contribution in [0.3, 0.4) is 0 Å². The van der Waals surface area contributed by atoms with E-state index < -0.39 is 45.3 Å². The van der Waals surface area contributed by atoms with Crippen LogP contribution >= 0.6 is 11.8 Å². The van der Waals surface area contributed by atoms with Crippen LogP contribution in [0.4, 0.5) is 0 Å². The fourth-order valence-corrected chi connectivity index (χ4v) is 5.20. The average molecular weight is 378 g/mol. The molecule has 1 aromatic rings. The van der Waals surface area contributed by atoms with Gasteiger partial charge in [-0.15, -0.1) is 11.8 Å².